The van der Waals surface area contributed by atoms with Crippen molar-refractivity contribution in [1.29, 1.82) is 0 Å². The Labute approximate surface area is 105 Å². The van der Waals surface area contributed by atoms with E-state index >= 15 is 0 Å². The highest BCUT2D eigenvalue weighted by atomic mass is 16.4. The van der Waals surface area contributed by atoms with Gasteiger partial charge in [-0.15, -0.1) is 0 Å². The number of rotatable bonds is 2. The fourth-order valence-corrected chi connectivity index (χ4v) is 2.58. The highest BCUT2D eigenvalue weighted by molar-refractivity contribution is 5.85. The molecule has 1 atom stereocenters. The zero-order valence-corrected chi connectivity index (χ0v) is 11.9. The summed E-state index contributed by atoms with van der Waals surface area (Å²) < 4.78 is 0. The lowest BCUT2D eigenvalue weighted by Crippen LogP contribution is -2.59. The first kappa shape index (κ1) is 14.2. The number of carboxylic acid groups (broad SMARTS) is 1. The van der Waals surface area contributed by atoms with Crippen LogP contribution < -0.4 is 0 Å². The van der Waals surface area contributed by atoms with Gasteiger partial charge < -0.3 is 10.0 Å². The van der Waals surface area contributed by atoms with Crippen LogP contribution in [0.2, 0.25) is 0 Å². The summed E-state index contributed by atoms with van der Waals surface area (Å²) in [6, 6.07) is 0. The molecule has 1 N–H and O–H groups in total. The van der Waals surface area contributed by atoms with Crippen LogP contribution in [0.4, 0.5) is 0 Å². The molecular formula is C14H25NO2. The Morgan fingerprint density at radius 2 is 1.88 bits per heavy atom. The molecule has 0 radical (unpaired) electrons. The molecule has 1 heterocycles. The summed E-state index contributed by atoms with van der Waals surface area (Å²) in [6.45, 7) is 11.7. The standard InChI is InChI=1S/C14H25NO2/c1-10(12(16)17)9-11-7-8-15(6)14(4,5)13(11,2)3/h9,11H,7-8H2,1-6H3,(H,16,17). The molecule has 0 aromatic heterocycles. The third-order valence-corrected chi connectivity index (χ3v) is 5.02. The van der Waals surface area contributed by atoms with Gasteiger partial charge in [0.05, 0.1) is 0 Å². The monoisotopic (exact) mass is 239 g/mol. The summed E-state index contributed by atoms with van der Waals surface area (Å²) in [7, 11) is 2.14. The third kappa shape index (κ3) is 2.39. The van der Waals surface area contributed by atoms with E-state index in [1.165, 1.54) is 0 Å². The van der Waals surface area contributed by atoms with Gasteiger partial charge in [-0.05, 0) is 52.1 Å². The van der Waals surface area contributed by atoms with Gasteiger partial charge in [-0.2, -0.15) is 0 Å². The topological polar surface area (TPSA) is 40.5 Å². The fourth-order valence-electron chi connectivity index (χ4n) is 2.58. The Balaban J connectivity index is 3.04. The molecule has 0 aliphatic carbocycles. The number of hydrogen-bond acceptors (Lipinski definition) is 2. The van der Waals surface area contributed by atoms with Crippen molar-refractivity contribution in [3.05, 3.63) is 11.6 Å². The van der Waals surface area contributed by atoms with Crippen LogP contribution in [0.5, 0.6) is 0 Å². The molecule has 17 heavy (non-hydrogen) atoms. The lowest BCUT2D eigenvalue weighted by molar-refractivity contribution is -0.132. The van der Waals surface area contributed by atoms with Gasteiger partial charge in [0.25, 0.3) is 0 Å². The van der Waals surface area contributed by atoms with Gasteiger partial charge in [0.15, 0.2) is 0 Å². The molecule has 1 unspecified atom stereocenters. The number of aliphatic carboxylic acids is 1. The quantitative estimate of drug-likeness (QED) is 0.753. The number of carbonyl (C=O) groups is 1. The second-order valence-corrected chi connectivity index (χ2v) is 6.25. The maximum absolute atomic E-state index is 10.9. The van der Waals surface area contributed by atoms with E-state index in [0.717, 1.165) is 13.0 Å². The number of hydrogen-bond donors (Lipinski definition) is 1. The van der Waals surface area contributed by atoms with Crippen LogP contribution in [-0.2, 0) is 4.79 Å². The van der Waals surface area contributed by atoms with E-state index in [1.54, 1.807) is 6.92 Å². The van der Waals surface area contributed by atoms with Crippen molar-refractivity contribution in [2.45, 2.75) is 46.6 Å². The number of likely N-dealkylation sites (tertiary alicyclic amines) is 1. The number of allylic oxidation sites excluding steroid dienone is 1. The Morgan fingerprint density at radius 3 is 2.35 bits per heavy atom. The van der Waals surface area contributed by atoms with Crippen molar-refractivity contribution in [3.8, 4) is 0 Å². The minimum Gasteiger partial charge on any atom is -0.478 e. The maximum atomic E-state index is 10.9. The molecule has 3 heteroatoms. The fraction of sp³-hybridized carbons (Fsp3) is 0.786. The first-order valence-electron chi connectivity index (χ1n) is 6.23. The van der Waals surface area contributed by atoms with E-state index in [4.69, 9.17) is 5.11 Å². The molecule has 1 aliphatic heterocycles. The van der Waals surface area contributed by atoms with E-state index < -0.39 is 5.97 Å². The van der Waals surface area contributed by atoms with Gasteiger partial charge in [-0.3, -0.25) is 0 Å². The second-order valence-electron chi connectivity index (χ2n) is 6.25. The van der Waals surface area contributed by atoms with Gasteiger partial charge in [0.1, 0.15) is 0 Å². The van der Waals surface area contributed by atoms with E-state index in [2.05, 4.69) is 39.6 Å². The Hall–Kier alpha value is -0.830. The molecular weight excluding hydrogens is 214 g/mol. The molecule has 0 aromatic carbocycles. The zero-order valence-electron chi connectivity index (χ0n) is 11.9. The smallest absolute Gasteiger partial charge is 0.330 e. The Morgan fingerprint density at radius 1 is 1.35 bits per heavy atom. The molecule has 3 nitrogen and oxygen atoms in total. The van der Waals surface area contributed by atoms with Gasteiger partial charge in [0.2, 0.25) is 0 Å². The summed E-state index contributed by atoms with van der Waals surface area (Å²) in [4.78, 5) is 13.3. The summed E-state index contributed by atoms with van der Waals surface area (Å²) >= 11 is 0. The van der Waals surface area contributed by atoms with Crippen molar-refractivity contribution in [2.24, 2.45) is 11.3 Å². The molecule has 0 bridgehead atoms. The highest BCUT2D eigenvalue weighted by Crippen LogP contribution is 2.47. The van der Waals surface area contributed by atoms with Gasteiger partial charge in [-0.1, -0.05) is 19.9 Å². The summed E-state index contributed by atoms with van der Waals surface area (Å²) in [6.07, 6.45) is 2.97. The van der Waals surface area contributed by atoms with Crippen LogP contribution in [0.1, 0.15) is 41.0 Å². The molecule has 1 rings (SSSR count). The van der Waals surface area contributed by atoms with Crippen LogP contribution >= 0.6 is 0 Å². The number of nitrogens with zero attached hydrogens (tertiary/aromatic N) is 1. The van der Waals surface area contributed by atoms with Crippen LogP contribution in [0.15, 0.2) is 11.6 Å². The molecule has 1 aliphatic rings. The maximum Gasteiger partial charge on any atom is 0.330 e. The summed E-state index contributed by atoms with van der Waals surface area (Å²) in [5.41, 5.74) is 0.602. The zero-order chi connectivity index (χ0) is 13.4. The minimum absolute atomic E-state index is 0.0662. The van der Waals surface area contributed by atoms with Gasteiger partial charge in [0, 0.05) is 11.1 Å². The van der Waals surface area contributed by atoms with Crippen LogP contribution in [0, 0.1) is 11.3 Å². The Kier molecular flexibility index (Phi) is 3.72. The molecule has 98 valence electrons. The molecule has 0 amide bonds. The van der Waals surface area contributed by atoms with Crippen LogP contribution in [0.3, 0.4) is 0 Å². The van der Waals surface area contributed by atoms with Gasteiger partial charge >= 0.3 is 5.97 Å². The average Bonchev–Trinajstić information content (AvgIpc) is 2.20. The van der Waals surface area contributed by atoms with E-state index in [1.807, 2.05) is 6.08 Å². The summed E-state index contributed by atoms with van der Waals surface area (Å²) in [5.74, 6) is -0.484. The third-order valence-electron chi connectivity index (χ3n) is 5.02. The first-order chi connectivity index (χ1) is 7.60. The molecule has 1 saturated heterocycles. The van der Waals surface area contributed by atoms with E-state index in [9.17, 15) is 4.79 Å². The normalized spacial score (nSPS) is 29.1. The lowest BCUT2D eigenvalue weighted by Gasteiger charge is -2.55. The predicted octanol–water partition coefficient (Wildman–Crippen LogP) is 2.77. The molecule has 0 spiro atoms. The number of carboxylic acids is 1. The van der Waals surface area contributed by atoms with Gasteiger partial charge in [-0.25, -0.2) is 4.79 Å². The summed E-state index contributed by atoms with van der Waals surface area (Å²) in [5, 5.41) is 8.99. The van der Waals surface area contributed by atoms with Crippen molar-refractivity contribution in [3.63, 3.8) is 0 Å². The Bertz CT molecular complexity index is 342. The number of piperidine rings is 1. The minimum atomic E-state index is -0.808. The van der Waals surface area contributed by atoms with Crippen LogP contribution in [-0.4, -0.2) is 35.1 Å². The van der Waals surface area contributed by atoms with E-state index in [0.29, 0.717) is 11.5 Å². The van der Waals surface area contributed by atoms with E-state index in [-0.39, 0.29) is 11.0 Å². The largest absolute Gasteiger partial charge is 0.478 e. The molecule has 0 saturated carbocycles. The second kappa shape index (κ2) is 4.45. The predicted molar refractivity (Wildman–Crippen MR) is 70.0 cm³/mol. The average molecular weight is 239 g/mol. The molecule has 1 fully saturated rings. The van der Waals surface area contributed by atoms with Crippen molar-refractivity contribution < 1.29 is 9.90 Å². The van der Waals surface area contributed by atoms with Crippen LogP contribution in [0.25, 0.3) is 0 Å². The highest BCUT2D eigenvalue weighted by Gasteiger charge is 2.47. The van der Waals surface area contributed by atoms with Crippen molar-refractivity contribution >= 4 is 5.97 Å². The van der Waals surface area contributed by atoms with Crippen molar-refractivity contribution in [2.75, 3.05) is 13.6 Å². The SMILES string of the molecule is CC(=CC1CCN(C)C(C)(C)C1(C)C)C(=O)O. The lowest BCUT2D eigenvalue weighted by atomic mass is 9.61. The van der Waals surface area contributed by atoms with Crippen molar-refractivity contribution in [1.82, 2.24) is 4.90 Å². The first-order valence-corrected chi connectivity index (χ1v) is 6.23. The molecule has 0 aromatic rings.